The third kappa shape index (κ3) is 15.3. The van der Waals surface area contributed by atoms with Gasteiger partial charge < -0.3 is 34.7 Å². The fourth-order valence-corrected chi connectivity index (χ4v) is 7.39. The number of nitrogens with one attached hydrogen (secondary N) is 3. The van der Waals surface area contributed by atoms with Crippen LogP contribution in [-0.4, -0.2) is 137 Å². The van der Waals surface area contributed by atoms with Crippen LogP contribution in [0.25, 0.3) is 0 Å². The molecule has 0 radical (unpaired) electrons. The van der Waals surface area contributed by atoms with E-state index in [1.807, 2.05) is 43.8 Å². The van der Waals surface area contributed by atoms with Crippen LogP contribution >= 0.6 is 0 Å². The van der Waals surface area contributed by atoms with Crippen molar-refractivity contribution in [3.8, 4) is 17.6 Å². The third-order valence-corrected chi connectivity index (χ3v) is 10.7. The number of methoxy groups -OCH3 is 1. The smallest absolute Gasteiger partial charge is 0.251 e. The van der Waals surface area contributed by atoms with Gasteiger partial charge in [-0.2, -0.15) is 0 Å². The second kappa shape index (κ2) is 28.0. The van der Waals surface area contributed by atoms with E-state index < -0.39 is 6.04 Å². The SMILES string of the molecule is C=N/C=C(\C(=Nc1ccc(C(=O)NCCCNCCOCCC#Cc2cccc(C=O)c2CN(C)C(CCC)C(=O)NC=O)cc1OC)N(C(C=O)CC)C1CCCC1)N(C)C. The highest BCUT2D eigenvalue weighted by Crippen LogP contribution is 2.33. The Balaban J connectivity index is 1.50. The topological polar surface area (TPSA) is 174 Å². The van der Waals surface area contributed by atoms with Crippen LogP contribution < -0.4 is 20.7 Å². The van der Waals surface area contributed by atoms with Gasteiger partial charge in [0.1, 0.15) is 24.0 Å². The number of carbonyl (C=O) groups is 5. The first-order valence-electron chi connectivity index (χ1n) is 21.5. The third-order valence-electron chi connectivity index (χ3n) is 10.7. The highest BCUT2D eigenvalue weighted by Gasteiger charge is 2.33. The van der Waals surface area contributed by atoms with Crippen LogP contribution in [0.3, 0.4) is 0 Å². The number of amidine groups is 1. The van der Waals surface area contributed by atoms with Gasteiger partial charge in [-0.05, 0) is 82.2 Å². The van der Waals surface area contributed by atoms with Gasteiger partial charge in [0, 0.05) is 62.9 Å². The molecular formula is C47H66N8O7. The lowest BCUT2D eigenvalue weighted by Gasteiger charge is -2.38. The lowest BCUT2D eigenvalue weighted by molar-refractivity contribution is -0.129. The molecule has 2 aromatic rings. The Morgan fingerprint density at radius 1 is 1.03 bits per heavy atom. The molecule has 0 aromatic heterocycles. The van der Waals surface area contributed by atoms with Crippen LogP contribution in [-0.2, 0) is 25.7 Å². The van der Waals surface area contributed by atoms with Crippen LogP contribution in [0.4, 0.5) is 5.69 Å². The molecule has 62 heavy (non-hydrogen) atoms. The molecule has 0 heterocycles. The summed E-state index contributed by atoms with van der Waals surface area (Å²) in [6.07, 6.45) is 11.0. The molecule has 2 atom stereocenters. The molecule has 336 valence electrons. The maximum Gasteiger partial charge on any atom is 0.251 e. The Morgan fingerprint density at radius 2 is 1.81 bits per heavy atom. The van der Waals surface area contributed by atoms with E-state index in [0.717, 1.165) is 50.2 Å². The van der Waals surface area contributed by atoms with Gasteiger partial charge in [0.2, 0.25) is 12.3 Å². The first-order chi connectivity index (χ1) is 30.1. The monoisotopic (exact) mass is 855 g/mol. The van der Waals surface area contributed by atoms with E-state index in [9.17, 15) is 24.0 Å². The van der Waals surface area contributed by atoms with E-state index in [0.29, 0.717) is 111 Å². The molecule has 0 saturated heterocycles. The average molecular weight is 855 g/mol. The maximum absolute atomic E-state index is 13.1. The summed E-state index contributed by atoms with van der Waals surface area (Å²) in [7, 11) is 7.14. The lowest BCUT2D eigenvalue weighted by Crippen LogP contribution is -2.49. The number of nitrogens with zero attached hydrogens (tertiary/aromatic N) is 5. The van der Waals surface area contributed by atoms with Gasteiger partial charge in [-0.15, -0.1) is 0 Å². The van der Waals surface area contributed by atoms with Gasteiger partial charge in [0.05, 0.1) is 44.3 Å². The number of aldehydes is 2. The molecule has 3 N–H and O–H groups in total. The fraction of sp³-hybridized carbons (Fsp3) is 0.511. The summed E-state index contributed by atoms with van der Waals surface area (Å²) in [5.74, 6) is 6.71. The van der Waals surface area contributed by atoms with Crippen molar-refractivity contribution in [2.45, 2.75) is 96.3 Å². The number of hydrogen-bond donors (Lipinski definition) is 3. The van der Waals surface area contributed by atoms with Gasteiger partial charge >= 0.3 is 0 Å². The summed E-state index contributed by atoms with van der Waals surface area (Å²) in [4.78, 5) is 75.7. The minimum Gasteiger partial charge on any atom is -0.494 e. The molecule has 2 unspecified atom stereocenters. The zero-order chi connectivity index (χ0) is 45.3. The summed E-state index contributed by atoms with van der Waals surface area (Å²) < 4.78 is 11.5. The number of benzene rings is 2. The van der Waals surface area contributed by atoms with Crippen molar-refractivity contribution in [3.05, 3.63) is 70.5 Å². The van der Waals surface area contributed by atoms with Crippen molar-refractivity contribution in [2.24, 2.45) is 9.98 Å². The molecular weight excluding hydrogens is 789 g/mol. The fourth-order valence-electron chi connectivity index (χ4n) is 7.39. The first-order valence-corrected chi connectivity index (χ1v) is 21.5. The van der Waals surface area contributed by atoms with Crippen molar-refractivity contribution in [2.75, 3.05) is 61.1 Å². The molecule has 1 aliphatic carbocycles. The summed E-state index contributed by atoms with van der Waals surface area (Å²) >= 11 is 0. The van der Waals surface area contributed by atoms with E-state index in [2.05, 4.69) is 44.4 Å². The van der Waals surface area contributed by atoms with Gasteiger partial charge in [-0.3, -0.25) is 34.4 Å². The van der Waals surface area contributed by atoms with Crippen LogP contribution in [0.1, 0.15) is 103 Å². The second-order valence-electron chi connectivity index (χ2n) is 15.2. The molecule has 1 saturated carbocycles. The van der Waals surface area contributed by atoms with E-state index in [4.69, 9.17) is 14.5 Å². The van der Waals surface area contributed by atoms with Gasteiger partial charge in [0.15, 0.2) is 5.84 Å². The highest BCUT2D eigenvalue weighted by molar-refractivity contribution is 6.01. The van der Waals surface area contributed by atoms with E-state index in [1.54, 1.807) is 50.7 Å². The highest BCUT2D eigenvalue weighted by atomic mass is 16.5. The Kier molecular flexibility index (Phi) is 22.9. The predicted octanol–water partition coefficient (Wildman–Crippen LogP) is 4.90. The first kappa shape index (κ1) is 50.7. The molecule has 15 nitrogen and oxygen atoms in total. The zero-order valence-electron chi connectivity index (χ0n) is 37.4. The standard InChI is InChI=1S/C47H66N8O7/c1-8-16-42(47(60)51-34-58)54(6)31-40-35(18-14-19-37(40)32-56)17-12-13-27-62-28-26-49-24-15-25-50-46(59)36-22-23-41(44(29-36)61-7)52-45(43(30-48-3)53(4)5)55(38(9-2)33-57)39-20-10-11-21-39/h14,18-19,22-23,29-30,32-34,38-39,42,49H,3,8-11,13,15-16,20-21,24-28,31H2,1-2,4-7H3,(H,50,59)(H,51,58,60)/b43-30+,52-45?. The molecule has 15 heteroatoms. The zero-order valence-corrected chi connectivity index (χ0v) is 37.4. The van der Waals surface area contributed by atoms with Crippen molar-refractivity contribution < 1.29 is 33.4 Å². The van der Waals surface area contributed by atoms with Crippen LogP contribution in [0.15, 0.2) is 58.3 Å². The number of imide groups is 1. The largest absolute Gasteiger partial charge is 0.494 e. The number of likely N-dealkylation sites (N-methyl/N-ethyl adjacent to an activating group) is 2. The Bertz CT molecular complexity index is 1910. The summed E-state index contributed by atoms with van der Waals surface area (Å²) in [6.45, 7) is 10.7. The molecule has 3 amide bonds. The molecule has 0 aliphatic heterocycles. The van der Waals surface area contributed by atoms with Crippen LogP contribution in [0.5, 0.6) is 5.75 Å². The number of ether oxygens (including phenoxy) is 2. The van der Waals surface area contributed by atoms with E-state index in [1.165, 1.54) is 0 Å². The summed E-state index contributed by atoms with van der Waals surface area (Å²) in [6, 6.07) is 9.77. The number of carbonyl (C=O) groups excluding carboxylic acids is 5. The minimum absolute atomic E-state index is 0.148. The lowest BCUT2D eigenvalue weighted by atomic mass is 10.00. The van der Waals surface area contributed by atoms with Gasteiger partial charge in [-0.1, -0.05) is 57.1 Å². The van der Waals surface area contributed by atoms with Crippen LogP contribution in [0.2, 0.25) is 0 Å². The van der Waals surface area contributed by atoms with Crippen molar-refractivity contribution >= 4 is 49.0 Å². The van der Waals surface area contributed by atoms with Crippen LogP contribution in [0, 0.1) is 11.8 Å². The number of amides is 3. The molecule has 1 aliphatic rings. The van der Waals surface area contributed by atoms with Crippen molar-refractivity contribution in [1.82, 2.24) is 30.7 Å². The Labute approximate surface area is 367 Å². The molecule has 1 fully saturated rings. The molecule has 3 rings (SSSR count). The number of aliphatic imine (C=N–C) groups is 2. The molecule has 0 bridgehead atoms. The summed E-state index contributed by atoms with van der Waals surface area (Å²) in [5, 5.41) is 8.54. The minimum atomic E-state index is -0.523. The second-order valence-corrected chi connectivity index (χ2v) is 15.2. The van der Waals surface area contributed by atoms with E-state index >= 15 is 0 Å². The predicted molar refractivity (Wildman–Crippen MR) is 244 cm³/mol. The average Bonchev–Trinajstić information content (AvgIpc) is 3.81. The maximum atomic E-state index is 13.1. The normalized spacial score (nSPS) is 14.0. The van der Waals surface area contributed by atoms with Crippen molar-refractivity contribution in [3.63, 3.8) is 0 Å². The Morgan fingerprint density at radius 3 is 2.45 bits per heavy atom. The van der Waals surface area contributed by atoms with Crippen molar-refractivity contribution in [1.29, 1.82) is 0 Å². The quantitative estimate of drug-likeness (QED) is 0.0367. The van der Waals surface area contributed by atoms with Gasteiger partial charge in [0.25, 0.3) is 5.91 Å². The van der Waals surface area contributed by atoms with Gasteiger partial charge in [-0.25, -0.2) is 4.99 Å². The number of rotatable bonds is 27. The molecule has 0 spiro atoms. The van der Waals surface area contributed by atoms with E-state index in [-0.39, 0.29) is 23.9 Å². The molecule has 2 aromatic carbocycles. The Hall–Kier alpha value is -5.69. The summed E-state index contributed by atoms with van der Waals surface area (Å²) in [5.41, 5.74) is 3.60. The number of hydrogen-bond acceptors (Lipinski definition) is 12.